The van der Waals surface area contributed by atoms with Crippen LogP contribution in [0.5, 0.6) is 0 Å². The van der Waals surface area contributed by atoms with Gasteiger partial charge in [-0.1, -0.05) is 35.1 Å². The summed E-state index contributed by atoms with van der Waals surface area (Å²) in [7, 11) is 0. The summed E-state index contributed by atoms with van der Waals surface area (Å²) in [6.45, 7) is 2.06. The first-order chi connectivity index (χ1) is 8.61. The molecule has 0 unspecified atom stereocenters. The first-order valence-corrected chi connectivity index (χ1v) is 6.50. The molecule has 2 rings (SSSR count). The molecular weight excluding hydrogens is 272 g/mol. The third kappa shape index (κ3) is 2.63. The quantitative estimate of drug-likeness (QED) is 0.878. The summed E-state index contributed by atoms with van der Waals surface area (Å²) in [6.07, 6.45) is 0. The zero-order valence-corrected chi connectivity index (χ0v) is 11.2. The Hall–Kier alpha value is -1.59. The van der Waals surface area contributed by atoms with Gasteiger partial charge in [0.05, 0.1) is 12.3 Å². The van der Waals surface area contributed by atoms with Gasteiger partial charge in [-0.2, -0.15) is 0 Å². The van der Waals surface area contributed by atoms with Crippen molar-refractivity contribution in [2.24, 2.45) is 0 Å². The fraction of sp³-hybridized carbons (Fsp3) is 0.167. The van der Waals surface area contributed by atoms with Crippen molar-refractivity contribution in [1.29, 1.82) is 0 Å². The Morgan fingerprint density at radius 3 is 3.00 bits per heavy atom. The minimum Gasteiger partial charge on any atom is -0.462 e. The average molecular weight is 283 g/mol. The van der Waals surface area contributed by atoms with Gasteiger partial charge >= 0.3 is 5.97 Å². The summed E-state index contributed by atoms with van der Waals surface area (Å²) < 4.78 is 4.98. The number of benzene rings is 1. The predicted molar refractivity (Wildman–Crippen MR) is 72.9 cm³/mol. The molecule has 0 spiro atoms. The second-order valence-electron chi connectivity index (χ2n) is 3.46. The predicted octanol–water partition coefficient (Wildman–Crippen LogP) is 3.22. The largest absolute Gasteiger partial charge is 0.462 e. The minimum absolute atomic E-state index is 0.311. The third-order valence-electron chi connectivity index (χ3n) is 2.20. The zero-order chi connectivity index (χ0) is 13.1. The number of anilines is 1. The molecule has 0 aliphatic heterocycles. The van der Waals surface area contributed by atoms with E-state index in [4.69, 9.17) is 22.1 Å². The highest BCUT2D eigenvalue weighted by Gasteiger charge is 2.19. The maximum Gasteiger partial charge on any atom is 0.350 e. The van der Waals surface area contributed by atoms with Crippen LogP contribution in [0.25, 0.3) is 11.3 Å². The summed E-state index contributed by atoms with van der Waals surface area (Å²) in [6, 6.07) is 7.11. The maximum absolute atomic E-state index is 11.8. The van der Waals surface area contributed by atoms with Crippen molar-refractivity contribution in [2.75, 3.05) is 12.3 Å². The fourth-order valence-corrected chi connectivity index (χ4v) is 2.44. The highest BCUT2D eigenvalue weighted by Crippen LogP contribution is 2.31. The van der Waals surface area contributed by atoms with E-state index in [0.29, 0.717) is 27.3 Å². The fourth-order valence-electron chi connectivity index (χ4n) is 1.50. The van der Waals surface area contributed by atoms with Crippen LogP contribution >= 0.6 is 22.9 Å². The van der Waals surface area contributed by atoms with Crippen LogP contribution < -0.4 is 5.73 Å². The summed E-state index contributed by atoms with van der Waals surface area (Å²) in [5.74, 6) is -0.415. The van der Waals surface area contributed by atoms with Gasteiger partial charge in [0.25, 0.3) is 0 Å². The molecule has 0 atom stereocenters. The van der Waals surface area contributed by atoms with E-state index >= 15 is 0 Å². The number of nitrogens with zero attached hydrogens (tertiary/aromatic N) is 1. The Bertz CT molecular complexity index is 583. The minimum atomic E-state index is -0.415. The van der Waals surface area contributed by atoms with Gasteiger partial charge in [-0.15, -0.1) is 0 Å². The van der Waals surface area contributed by atoms with Crippen LogP contribution in [-0.2, 0) is 4.74 Å². The van der Waals surface area contributed by atoms with Crippen molar-refractivity contribution in [3.8, 4) is 11.3 Å². The molecule has 0 bridgehead atoms. The van der Waals surface area contributed by atoms with Crippen LogP contribution in [0.1, 0.15) is 16.6 Å². The number of carbonyl (C=O) groups excluding carboxylic acids is 1. The Balaban J connectivity index is 2.47. The van der Waals surface area contributed by atoms with Gasteiger partial charge < -0.3 is 10.5 Å². The Labute approximate surface area is 113 Å². The van der Waals surface area contributed by atoms with E-state index in [0.717, 1.165) is 16.9 Å². The topological polar surface area (TPSA) is 65.2 Å². The van der Waals surface area contributed by atoms with Crippen LogP contribution in [0, 0.1) is 0 Å². The molecule has 2 aromatic rings. The van der Waals surface area contributed by atoms with Gasteiger partial charge in [0.15, 0.2) is 5.13 Å². The molecular formula is C12H11ClN2O2S. The van der Waals surface area contributed by atoms with Crippen LogP contribution in [0.4, 0.5) is 5.13 Å². The Kier molecular flexibility index (Phi) is 3.84. The number of nitrogens with two attached hydrogens (primary N) is 1. The van der Waals surface area contributed by atoms with Crippen LogP contribution in [0.3, 0.4) is 0 Å². The van der Waals surface area contributed by atoms with E-state index in [1.54, 1.807) is 25.1 Å². The molecule has 1 heterocycles. The standard InChI is InChI=1S/C12H11ClN2O2S/c1-2-17-11(16)10-9(15-12(14)18-10)7-4-3-5-8(13)6-7/h3-6H,2H2,1H3,(H2,14,15). The lowest BCUT2D eigenvalue weighted by atomic mass is 10.1. The molecule has 0 radical (unpaired) electrons. The highest BCUT2D eigenvalue weighted by atomic mass is 35.5. The van der Waals surface area contributed by atoms with Crippen LogP contribution in [-0.4, -0.2) is 17.6 Å². The van der Waals surface area contributed by atoms with Crippen molar-refractivity contribution in [1.82, 2.24) is 4.98 Å². The molecule has 0 fully saturated rings. The number of hydrogen-bond donors (Lipinski definition) is 1. The third-order valence-corrected chi connectivity index (χ3v) is 3.30. The van der Waals surface area contributed by atoms with Gasteiger partial charge in [-0.25, -0.2) is 9.78 Å². The molecule has 6 heteroatoms. The summed E-state index contributed by atoms with van der Waals surface area (Å²) in [4.78, 5) is 16.4. The number of halogens is 1. The molecule has 1 aromatic carbocycles. The SMILES string of the molecule is CCOC(=O)c1sc(N)nc1-c1cccc(Cl)c1. The molecule has 0 saturated carbocycles. The van der Waals surface area contributed by atoms with E-state index in [-0.39, 0.29) is 0 Å². The Morgan fingerprint density at radius 1 is 1.56 bits per heavy atom. The van der Waals surface area contributed by atoms with Gasteiger partial charge in [-0.05, 0) is 19.1 Å². The molecule has 4 nitrogen and oxygen atoms in total. The number of carbonyl (C=O) groups is 1. The normalized spacial score (nSPS) is 10.3. The molecule has 94 valence electrons. The van der Waals surface area contributed by atoms with Crippen LogP contribution in [0.15, 0.2) is 24.3 Å². The monoisotopic (exact) mass is 282 g/mol. The molecule has 0 aliphatic carbocycles. The molecule has 1 aromatic heterocycles. The average Bonchev–Trinajstić information content (AvgIpc) is 2.72. The van der Waals surface area contributed by atoms with Gasteiger partial charge in [0.1, 0.15) is 4.88 Å². The summed E-state index contributed by atoms with van der Waals surface area (Å²) >= 11 is 7.03. The second-order valence-corrected chi connectivity index (χ2v) is 4.93. The van der Waals surface area contributed by atoms with Gasteiger partial charge in [0.2, 0.25) is 0 Å². The summed E-state index contributed by atoms with van der Waals surface area (Å²) in [5, 5.41) is 0.905. The number of hydrogen-bond acceptors (Lipinski definition) is 5. The number of thiazole rings is 1. The van der Waals surface area contributed by atoms with E-state index in [9.17, 15) is 4.79 Å². The Morgan fingerprint density at radius 2 is 2.33 bits per heavy atom. The van der Waals surface area contributed by atoms with E-state index in [2.05, 4.69) is 4.98 Å². The van der Waals surface area contributed by atoms with Gasteiger partial charge in [-0.3, -0.25) is 0 Å². The number of nitrogen functional groups attached to an aromatic ring is 1. The number of esters is 1. The van der Waals surface area contributed by atoms with Crippen LogP contribution in [0.2, 0.25) is 5.02 Å². The number of ether oxygens (including phenoxy) is 1. The molecule has 2 N–H and O–H groups in total. The van der Waals surface area contributed by atoms with Crippen molar-refractivity contribution in [3.63, 3.8) is 0 Å². The number of rotatable bonds is 3. The van der Waals surface area contributed by atoms with Crippen molar-refractivity contribution >= 4 is 34.0 Å². The van der Waals surface area contributed by atoms with Crippen molar-refractivity contribution < 1.29 is 9.53 Å². The van der Waals surface area contributed by atoms with Crippen molar-refractivity contribution in [3.05, 3.63) is 34.2 Å². The molecule has 18 heavy (non-hydrogen) atoms. The lowest BCUT2D eigenvalue weighted by Gasteiger charge is -2.02. The molecule has 0 saturated heterocycles. The first-order valence-electron chi connectivity index (χ1n) is 5.31. The lowest BCUT2D eigenvalue weighted by Crippen LogP contribution is -2.03. The van der Waals surface area contributed by atoms with Gasteiger partial charge in [0, 0.05) is 10.6 Å². The maximum atomic E-state index is 11.8. The first kappa shape index (κ1) is 12.9. The van der Waals surface area contributed by atoms with Crippen molar-refractivity contribution in [2.45, 2.75) is 6.92 Å². The molecule has 0 aliphatic rings. The lowest BCUT2D eigenvalue weighted by molar-refractivity contribution is 0.0532. The molecule has 0 amide bonds. The summed E-state index contributed by atoms with van der Waals surface area (Å²) in [5.41, 5.74) is 6.92. The number of aromatic nitrogens is 1. The van der Waals surface area contributed by atoms with E-state index in [1.807, 2.05) is 6.07 Å². The zero-order valence-electron chi connectivity index (χ0n) is 9.64. The second kappa shape index (κ2) is 5.37. The van der Waals surface area contributed by atoms with E-state index in [1.165, 1.54) is 0 Å². The van der Waals surface area contributed by atoms with E-state index < -0.39 is 5.97 Å². The smallest absolute Gasteiger partial charge is 0.350 e. The highest BCUT2D eigenvalue weighted by molar-refractivity contribution is 7.17.